The van der Waals surface area contributed by atoms with E-state index in [1.54, 1.807) is 0 Å². The summed E-state index contributed by atoms with van der Waals surface area (Å²) in [7, 11) is 1.43. The minimum atomic E-state index is -3.15. The number of carbonyl (C=O) groups is 1. The number of rotatable bonds is 2. The summed E-state index contributed by atoms with van der Waals surface area (Å²) in [4.78, 5) is 11.0. The second-order valence-electron chi connectivity index (χ2n) is 4.66. The number of halogens is 2. The number of methoxy groups -OCH3 is 1. The molecule has 3 saturated carbocycles. The van der Waals surface area contributed by atoms with Crippen molar-refractivity contribution in [3.63, 3.8) is 0 Å². The molecule has 3 nitrogen and oxygen atoms in total. The molecule has 3 aliphatic carbocycles. The number of aliphatic carboxylic acids is 1. The van der Waals surface area contributed by atoms with Crippen molar-refractivity contribution in [3.05, 3.63) is 0 Å². The number of hydrogen-bond donors (Lipinski definition) is 1. The first-order chi connectivity index (χ1) is 6.88. The number of hydrogen-bond acceptors (Lipinski definition) is 2. The maximum absolute atomic E-state index is 13.8. The molecule has 0 heterocycles. The van der Waals surface area contributed by atoms with Crippen LogP contribution in [-0.4, -0.2) is 29.7 Å². The molecule has 2 bridgehead atoms. The van der Waals surface area contributed by atoms with Crippen LogP contribution in [0.3, 0.4) is 0 Å². The van der Waals surface area contributed by atoms with Gasteiger partial charge in [-0.1, -0.05) is 0 Å². The minimum Gasteiger partial charge on any atom is -0.481 e. The normalized spacial score (nSPS) is 42.9. The summed E-state index contributed by atoms with van der Waals surface area (Å²) in [5, 5.41) is 8.98. The van der Waals surface area contributed by atoms with Crippen LogP contribution in [0, 0.1) is 5.41 Å². The van der Waals surface area contributed by atoms with Crippen LogP contribution < -0.4 is 0 Å². The lowest BCUT2D eigenvalue weighted by atomic mass is 9.56. The molecule has 0 aromatic heterocycles. The van der Waals surface area contributed by atoms with Gasteiger partial charge in [0.15, 0.2) is 0 Å². The van der Waals surface area contributed by atoms with Crippen LogP contribution in [0.1, 0.15) is 32.1 Å². The average Bonchev–Trinajstić information content (AvgIpc) is 2.17. The van der Waals surface area contributed by atoms with E-state index >= 15 is 0 Å². The van der Waals surface area contributed by atoms with Gasteiger partial charge in [-0.3, -0.25) is 4.79 Å². The smallest absolute Gasteiger partial charge is 0.315 e. The molecule has 0 saturated heterocycles. The van der Waals surface area contributed by atoms with Crippen LogP contribution >= 0.6 is 0 Å². The molecule has 0 atom stereocenters. The van der Waals surface area contributed by atoms with Gasteiger partial charge in [0.1, 0.15) is 5.41 Å². The fourth-order valence-corrected chi connectivity index (χ4v) is 2.90. The van der Waals surface area contributed by atoms with E-state index in [2.05, 4.69) is 0 Å². The van der Waals surface area contributed by atoms with Gasteiger partial charge in [-0.2, -0.15) is 0 Å². The molecule has 3 aliphatic rings. The van der Waals surface area contributed by atoms with Crippen molar-refractivity contribution in [1.82, 2.24) is 0 Å². The van der Waals surface area contributed by atoms with Crippen LogP contribution in [0.5, 0.6) is 0 Å². The van der Waals surface area contributed by atoms with Crippen molar-refractivity contribution in [1.29, 1.82) is 0 Å². The lowest BCUT2D eigenvalue weighted by molar-refractivity contribution is -0.252. The van der Waals surface area contributed by atoms with Crippen LogP contribution in [0.25, 0.3) is 0 Å². The highest BCUT2D eigenvalue weighted by molar-refractivity contribution is 5.76. The summed E-state index contributed by atoms with van der Waals surface area (Å²) in [6.07, 6.45) is 0.423. The van der Waals surface area contributed by atoms with Crippen LogP contribution in [0.15, 0.2) is 0 Å². The zero-order chi connectivity index (χ0) is 11.3. The van der Waals surface area contributed by atoms with Crippen molar-refractivity contribution in [2.75, 3.05) is 7.11 Å². The van der Waals surface area contributed by atoms with Gasteiger partial charge in [-0.25, -0.2) is 8.78 Å². The first-order valence-corrected chi connectivity index (χ1v) is 5.04. The van der Waals surface area contributed by atoms with Gasteiger partial charge in [0.05, 0.1) is 5.60 Å². The van der Waals surface area contributed by atoms with Gasteiger partial charge in [-0.05, 0) is 25.7 Å². The average molecular weight is 220 g/mol. The van der Waals surface area contributed by atoms with E-state index in [-0.39, 0.29) is 12.8 Å². The summed E-state index contributed by atoms with van der Waals surface area (Å²) in [6.45, 7) is 0. The standard InChI is InChI=1S/C10H14F2O3/c1-15-8-2-4-9(5-3-8,7(13)14)10(11,12)6-8/h2-6H2,1H3,(H,13,14). The van der Waals surface area contributed by atoms with Gasteiger partial charge in [0, 0.05) is 13.5 Å². The van der Waals surface area contributed by atoms with Crippen molar-refractivity contribution in [3.8, 4) is 0 Å². The Morgan fingerprint density at radius 1 is 1.27 bits per heavy atom. The molecule has 0 aromatic carbocycles. The van der Waals surface area contributed by atoms with Crippen molar-refractivity contribution in [2.45, 2.75) is 43.6 Å². The Balaban J connectivity index is 2.37. The Morgan fingerprint density at radius 3 is 2.13 bits per heavy atom. The Kier molecular flexibility index (Phi) is 2.09. The van der Waals surface area contributed by atoms with E-state index in [1.807, 2.05) is 0 Å². The fourth-order valence-electron chi connectivity index (χ4n) is 2.90. The molecule has 0 aromatic rings. The summed E-state index contributed by atoms with van der Waals surface area (Å²) in [6, 6.07) is 0. The third kappa shape index (κ3) is 1.22. The molecule has 1 N–H and O–H groups in total. The maximum Gasteiger partial charge on any atom is 0.315 e. The van der Waals surface area contributed by atoms with E-state index in [0.29, 0.717) is 12.8 Å². The molecular formula is C10H14F2O3. The number of carboxylic acid groups (broad SMARTS) is 1. The molecule has 5 heteroatoms. The second-order valence-corrected chi connectivity index (χ2v) is 4.66. The van der Waals surface area contributed by atoms with Crippen LogP contribution in [0.4, 0.5) is 8.78 Å². The van der Waals surface area contributed by atoms with E-state index < -0.39 is 29.3 Å². The monoisotopic (exact) mass is 220 g/mol. The third-order valence-corrected chi connectivity index (χ3v) is 4.10. The summed E-state index contributed by atoms with van der Waals surface area (Å²) in [5.74, 6) is -4.51. The lowest BCUT2D eigenvalue weighted by Gasteiger charge is -2.54. The molecule has 15 heavy (non-hydrogen) atoms. The molecule has 3 rings (SSSR count). The minimum absolute atomic E-state index is 0.0170. The molecule has 86 valence electrons. The quantitative estimate of drug-likeness (QED) is 0.774. The highest BCUT2D eigenvalue weighted by Crippen LogP contribution is 2.61. The highest BCUT2D eigenvalue weighted by Gasteiger charge is 2.69. The van der Waals surface area contributed by atoms with Crippen LogP contribution in [-0.2, 0) is 9.53 Å². The Morgan fingerprint density at radius 2 is 1.80 bits per heavy atom. The number of ether oxygens (including phenoxy) is 1. The molecule has 3 fully saturated rings. The first-order valence-electron chi connectivity index (χ1n) is 5.04. The SMILES string of the molecule is COC12CCC(C(=O)O)(CC1)C(F)(F)C2. The van der Waals surface area contributed by atoms with Gasteiger partial charge in [0.25, 0.3) is 5.92 Å². The number of carboxylic acids is 1. The molecular weight excluding hydrogens is 206 g/mol. The van der Waals surface area contributed by atoms with E-state index in [0.717, 1.165) is 0 Å². The third-order valence-electron chi connectivity index (χ3n) is 4.10. The fraction of sp³-hybridized carbons (Fsp3) is 0.900. The maximum atomic E-state index is 13.8. The lowest BCUT2D eigenvalue weighted by Crippen LogP contribution is -2.62. The molecule has 0 aliphatic heterocycles. The highest BCUT2D eigenvalue weighted by atomic mass is 19.3. The van der Waals surface area contributed by atoms with Crippen LogP contribution in [0.2, 0.25) is 0 Å². The Labute approximate surface area is 86.4 Å². The predicted molar refractivity (Wildman–Crippen MR) is 47.8 cm³/mol. The molecule has 0 amide bonds. The summed E-state index contributed by atoms with van der Waals surface area (Å²) < 4.78 is 32.7. The number of fused-ring (bicyclic) bond motifs is 3. The Hall–Kier alpha value is -0.710. The van der Waals surface area contributed by atoms with E-state index in [1.165, 1.54) is 7.11 Å². The zero-order valence-electron chi connectivity index (χ0n) is 8.56. The molecule has 0 radical (unpaired) electrons. The summed E-state index contributed by atoms with van der Waals surface area (Å²) >= 11 is 0. The first kappa shape index (κ1) is 10.8. The topological polar surface area (TPSA) is 46.5 Å². The molecule has 0 unspecified atom stereocenters. The molecule has 0 spiro atoms. The second kappa shape index (κ2) is 2.90. The Bertz CT molecular complexity index is 293. The van der Waals surface area contributed by atoms with E-state index in [4.69, 9.17) is 9.84 Å². The van der Waals surface area contributed by atoms with Gasteiger partial charge in [0.2, 0.25) is 0 Å². The van der Waals surface area contributed by atoms with Gasteiger partial charge in [-0.15, -0.1) is 0 Å². The van der Waals surface area contributed by atoms with Crippen molar-refractivity contribution in [2.24, 2.45) is 5.41 Å². The van der Waals surface area contributed by atoms with Crippen molar-refractivity contribution < 1.29 is 23.4 Å². The van der Waals surface area contributed by atoms with Gasteiger partial charge >= 0.3 is 5.97 Å². The van der Waals surface area contributed by atoms with Gasteiger partial charge < -0.3 is 9.84 Å². The van der Waals surface area contributed by atoms with E-state index in [9.17, 15) is 13.6 Å². The summed E-state index contributed by atoms with van der Waals surface area (Å²) in [5.41, 5.74) is -2.63. The zero-order valence-corrected chi connectivity index (χ0v) is 8.56. The predicted octanol–water partition coefficient (Wildman–Crippen LogP) is 2.06. The largest absolute Gasteiger partial charge is 0.481 e. The number of alkyl halides is 2. The van der Waals surface area contributed by atoms with Crippen molar-refractivity contribution >= 4 is 5.97 Å².